The molecule has 1 aromatic carbocycles. The molecule has 23 heavy (non-hydrogen) atoms. The number of carbonyl (C=O) groups excluding carboxylic acids is 1. The predicted octanol–water partition coefficient (Wildman–Crippen LogP) is 4.24. The van der Waals surface area contributed by atoms with Crippen LogP contribution in [0.25, 0.3) is 11.4 Å². The topological polar surface area (TPSA) is 59.2 Å². The average molecular weight is 334 g/mol. The number of piperidine rings is 1. The van der Waals surface area contributed by atoms with Crippen molar-refractivity contribution in [3.63, 3.8) is 0 Å². The van der Waals surface area contributed by atoms with Crippen molar-refractivity contribution in [2.24, 2.45) is 0 Å². The van der Waals surface area contributed by atoms with Gasteiger partial charge in [0.2, 0.25) is 17.6 Å². The summed E-state index contributed by atoms with van der Waals surface area (Å²) < 4.78 is 5.46. The van der Waals surface area contributed by atoms with Gasteiger partial charge in [0.05, 0.1) is 0 Å². The zero-order valence-electron chi connectivity index (χ0n) is 13.2. The quantitative estimate of drug-likeness (QED) is 0.839. The molecule has 3 rings (SSSR count). The van der Waals surface area contributed by atoms with Crippen LogP contribution < -0.4 is 0 Å². The standard InChI is InChI=1S/C17H20ClN3O2/c1-2-5-15(22)21-11-4-3-6-14(21)17-19-16(20-23-17)12-7-9-13(18)10-8-12/h7-10,14H,2-6,11H2,1H3/t14-/m0/s1. The van der Waals surface area contributed by atoms with Crippen LogP contribution in [0.1, 0.15) is 51.0 Å². The first-order chi connectivity index (χ1) is 11.2. The Labute approximate surface area is 140 Å². The molecular formula is C17H20ClN3O2. The first kappa shape index (κ1) is 16.0. The highest BCUT2D eigenvalue weighted by molar-refractivity contribution is 6.30. The molecule has 1 aliphatic rings. The lowest BCUT2D eigenvalue weighted by molar-refractivity contribution is -0.135. The van der Waals surface area contributed by atoms with Crippen molar-refractivity contribution in [2.45, 2.75) is 45.1 Å². The van der Waals surface area contributed by atoms with E-state index in [4.69, 9.17) is 16.1 Å². The summed E-state index contributed by atoms with van der Waals surface area (Å²) in [6.45, 7) is 2.78. The van der Waals surface area contributed by atoms with Gasteiger partial charge in [0, 0.05) is 23.6 Å². The number of halogens is 1. The molecule has 1 fully saturated rings. The first-order valence-electron chi connectivity index (χ1n) is 8.08. The van der Waals surface area contributed by atoms with Crippen LogP contribution in [0.5, 0.6) is 0 Å². The molecule has 1 saturated heterocycles. The minimum atomic E-state index is -0.101. The number of aromatic nitrogens is 2. The van der Waals surface area contributed by atoms with E-state index in [9.17, 15) is 4.79 Å². The molecule has 0 bridgehead atoms. The van der Waals surface area contributed by atoms with Crippen molar-refractivity contribution in [1.29, 1.82) is 0 Å². The molecule has 1 aromatic heterocycles. The second-order valence-corrected chi connectivity index (χ2v) is 6.25. The fraction of sp³-hybridized carbons (Fsp3) is 0.471. The van der Waals surface area contributed by atoms with Gasteiger partial charge in [-0.3, -0.25) is 4.79 Å². The van der Waals surface area contributed by atoms with Crippen LogP contribution in [0, 0.1) is 0 Å². The van der Waals surface area contributed by atoms with Crippen molar-refractivity contribution >= 4 is 17.5 Å². The van der Waals surface area contributed by atoms with Gasteiger partial charge in [-0.15, -0.1) is 0 Å². The lowest BCUT2D eigenvalue weighted by atomic mass is 10.0. The number of carbonyl (C=O) groups is 1. The normalized spacial score (nSPS) is 18.2. The molecule has 2 aromatic rings. The third kappa shape index (κ3) is 3.55. The fourth-order valence-corrected chi connectivity index (χ4v) is 3.06. The van der Waals surface area contributed by atoms with Crippen molar-refractivity contribution in [3.05, 3.63) is 35.2 Å². The second kappa shape index (κ2) is 7.13. The minimum Gasteiger partial charge on any atom is -0.337 e. The van der Waals surface area contributed by atoms with E-state index in [1.165, 1.54) is 0 Å². The molecule has 6 heteroatoms. The third-order valence-corrected chi connectivity index (χ3v) is 4.37. The Balaban J connectivity index is 1.82. The largest absolute Gasteiger partial charge is 0.337 e. The molecule has 2 heterocycles. The monoisotopic (exact) mass is 333 g/mol. The minimum absolute atomic E-state index is 0.101. The number of nitrogens with zero attached hydrogens (tertiary/aromatic N) is 3. The summed E-state index contributed by atoms with van der Waals surface area (Å²) in [5, 5.41) is 4.73. The van der Waals surface area contributed by atoms with Gasteiger partial charge in [0.25, 0.3) is 0 Å². The van der Waals surface area contributed by atoms with E-state index in [2.05, 4.69) is 10.1 Å². The van der Waals surface area contributed by atoms with Gasteiger partial charge in [0.1, 0.15) is 6.04 Å². The Kier molecular flexibility index (Phi) is 4.96. The van der Waals surface area contributed by atoms with Gasteiger partial charge in [0.15, 0.2) is 0 Å². The summed E-state index contributed by atoms with van der Waals surface area (Å²) in [6.07, 6.45) is 4.39. The molecule has 0 radical (unpaired) electrons. The predicted molar refractivity (Wildman–Crippen MR) is 88.0 cm³/mol. The zero-order chi connectivity index (χ0) is 16.2. The summed E-state index contributed by atoms with van der Waals surface area (Å²) >= 11 is 5.90. The summed E-state index contributed by atoms with van der Waals surface area (Å²) in [7, 11) is 0. The maximum absolute atomic E-state index is 12.3. The molecule has 0 N–H and O–H groups in total. The smallest absolute Gasteiger partial charge is 0.249 e. The van der Waals surface area contributed by atoms with E-state index in [1.54, 1.807) is 12.1 Å². The van der Waals surface area contributed by atoms with Gasteiger partial charge in [-0.1, -0.05) is 23.7 Å². The Hall–Kier alpha value is -1.88. The molecule has 0 saturated carbocycles. The molecule has 1 atom stereocenters. The number of amides is 1. The van der Waals surface area contributed by atoms with Crippen LogP contribution in [0.15, 0.2) is 28.8 Å². The number of hydrogen-bond acceptors (Lipinski definition) is 4. The molecule has 0 unspecified atom stereocenters. The molecule has 1 amide bonds. The summed E-state index contributed by atoms with van der Waals surface area (Å²) in [5.41, 5.74) is 0.853. The maximum Gasteiger partial charge on any atom is 0.249 e. The van der Waals surface area contributed by atoms with Crippen molar-refractivity contribution < 1.29 is 9.32 Å². The fourth-order valence-electron chi connectivity index (χ4n) is 2.93. The summed E-state index contributed by atoms with van der Waals surface area (Å²) in [5.74, 6) is 1.23. The molecule has 0 aliphatic carbocycles. The Morgan fingerprint density at radius 2 is 2.13 bits per heavy atom. The van der Waals surface area contributed by atoms with E-state index in [0.717, 1.165) is 37.8 Å². The van der Waals surface area contributed by atoms with Gasteiger partial charge >= 0.3 is 0 Å². The summed E-state index contributed by atoms with van der Waals surface area (Å²) in [4.78, 5) is 18.7. The maximum atomic E-state index is 12.3. The number of rotatable bonds is 4. The second-order valence-electron chi connectivity index (χ2n) is 5.81. The van der Waals surface area contributed by atoms with Crippen LogP contribution in [-0.2, 0) is 4.79 Å². The van der Waals surface area contributed by atoms with Gasteiger partial charge in [-0.05, 0) is 49.9 Å². The first-order valence-corrected chi connectivity index (χ1v) is 8.46. The van der Waals surface area contributed by atoms with Crippen molar-refractivity contribution in [1.82, 2.24) is 15.0 Å². The SMILES string of the molecule is CCCC(=O)N1CCCC[C@H]1c1nc(-c2ccc(Cl)cc2)no1. The molecule has 1 aliphatic heterocycles. The van der Waals surface area contributed by atoms with Crippen LogP contribution in [0.4, 0.5) is 0 Å². The van der Waals surface area contributed by atoms with Gasteiger partial charge < -0.3 is 9.42 Å². The lowest BCUT2D eigenvalue weighted by Gasteiger charge is -2.33. The third-order valence-electron chi connectivity index (χ3n) is 4.12. The van der Waals surface area contributed by atoms with Crippen LogP contribution in [0.3, 0.4) is 0 Å². The molecular weight excluding hydrogens is 314 g/mol. The number of hydrogen-bond donors (Lipinski definition) is 0. The van der Waals surface area contributed by atoms with Crippen LogP contribution >= 0.6 is 11.6 Å². The van der Waals surface area contributed by atoms with Crippen molar-refractivity contribution in [2.75, 3.05) is 6.54 Å². The summed E-state index contributed by atoms with van der Waals surface area (Å²) in [6, 6.07) is 7.21. The van der Waals surface area contributed by atoms with E-state index in [1.807, 2.05) is 24.0 Å². The van der Waals surface area contributed by atoms with Crippen LogP contribution in [-0.4, -0.2) is 27.5 Å². The van der Waals surface area contributed by atoms with E-state index >= 15 is 0 Å². The van der Waals surface area contributed by atoms with Gasteiger partial charge in [-0.25, -0.2) is 0 Å². The highest BCUT2D eigenvalue weighted by Gasteiger charge is 2.31. The molecule has 5 nitrogen and oxygen atoms in total. The molecule has 122 valence electrons. The van der Waals surface area contributed by atoms with E-state index in [0.29, 0.717) is 23.2 Å². The Bertz CT molecular complexity index is 669. The molecule has 0 spiro atoms. The number of benzene rings is 1. The lowest BCUT2D eigenvalue weighted by Crippen LogP contribution is -2.38. The van der Waals surface area contributed by atoms with E-state index in [-0.39, 0.29) is 11.9 Å². The van der Waals surface area contributed by atoms with E-state index < -0.39 is 0 Å². The number of likely N-dealkylation sites (tertiary alicyclic amines) is 1. The highest BCUT2D eigenvalue weighted by atomic mass is 35.5. The average Bonchev–Trinajstić information content (AvgIpc) is 3.05. The van der Waals surface area contributed by atoms with Crippen molar-refractivity contribution in [3.8, 4) is 11.4 Å². The van der Waals surface area contributed by atoms with Gasteiger partial charge in [-0.2, -0.15) is 4.98 Å². The zero-order valence-corrected chi connectivity index (χ0v) is 13.9. The highest BCUT2D eigenvalue weighted by Crippen LogP contribution is 2.31. The Morgan fingerprint density at radius 3 is 2.87 bits per heavy atom. The Morgan fingerprint density at radius 1 is 1.35 bits per heavy atom. The van der Waals surface area contributed by atoms with Crippen LogP contribution in [0.2, 0.25) is 5.02 Å².